The van der Waals surface area contributed by atoms with Crippen molar-refractivity contribution < 1.29 is 4.79 Å². The third-order valence-electron chi connectivity index (χ3n) is 6.39. The van der Waals surface area contributed by atoms with Crippen molar-refractivity contribution in [2.75, 3.05) is 13.1 Å². The predicted molar refractivity (Wildman–Crippen MR) is 130 cm³/mol. The van der Waals surface area contributed by atoms with Gasteiger partial charge in [0.15, 0.2) is 11.2 Å². The fourth-order valence-electron chi connectivity index (χ4n) is 4.41. The summed E-state index contributed by atoms with van der Waals surface area (Å²) in [5.41, 5.74) is 3.24. The smallest absolute Gasteiger partial charge is 0.281 e. The van der Waals surface area contributed by atoms with Crippen LogP contribution in [0.5, 0.6) is 0 Å². The maximum absolute atomic E-state index is 12.9. The molecule has 1 aliphatic heterocycles. The van der Waals surface area contributed by atoms with Crippen LogP contribution in [0.2, 0.25) is 5.02 Å². The molecule has 0 atom stereocenters. The Hall–Kier alpha value is -3.52. The molecule has 0 saturated carbocycles. The summed E-state index contributed by atoms with van der Waals surface area (Å²) in [7, 11) is 0. The molecule has 0 spiro atoms. The maximum atomic E-state index is 12.9. The SMILES string of the molecule is CCc1ccc(C(=O)N2CCC(c3nc4c(nnn4Cc4cccc(Cl)c4)c(=O)[nH]3)CC2)cc1. The number of rotatable bonds is 5. The van der Waals surface area contributed by atoms with Crippen molar-refractivity contribution in [2.45, 2.75) is 38.6 Å². The van der Waals surface area contributed by atoms with Gasteiger partial charge in [0.05, 0.1) is 6.54 Å². The molecule has 0 unspecified atom stereocenters. The molecular weight excluding hydrogens is 452 g/mol. The van der Waals surface area contributed by atoms with Crippen LogP contribution >= 0.6 is 11.6 Å². The van der Waals surface area contributed by atoms with Crippen LogP contribution < -0.4 is 5.56 Å². The lowest BCUT2D eigenvalue weighted by Crippen LogP contribution is -2.38. The number of likely N-dealkylation sites (tertiary alicyclic amines) is 1. The standard InChI is InChI=1S/C25H25ClN6O2/c1-2-16-6-8-19(9-7-16)25(34)31-12-10-18(11-13-31)22-27-23-21(24(33)28-22)29-30-32(23)15-17-4-3-5-20(26)14-17/h3-9,14,18H,2,10-13,15H2,1H3,(H,27,28,33). The summed E-state index contributed by atoms with van der Waals surface area (Å²) in [4.78, 5) is 35.1. The lowest BCUT2D eigenvalue weighted by molar-refractivity contribution is 0.0711. The maximum Gasteiger partial charge on any atom is 0.281 e. The van der Waals surface area contributed by atoms with E-state index in [0.717, 1.165) is 24.8 Å². The van der Waals surface area contributed by atoms with E-state index in [-0.39, 0.29) is 22.9 Å². The first-order chi connectivity index (χ1) is 16.5. The van der Waals surface area contributed by atoms with Crippen molar-refractivity contribution in [3.8, 4) is 0 Å². The monoisotopic (exact) mass is 476 g/mol. The van der Waals surface area contributed by atoms with Crippen LogP contribution in [0, 0.1) is 0 Å². The Morgan fingerprint density at radius 2 is 1.88 bits per heavy atom. The molecule has 4 aromatic rings. The van der Waals surface area contributed by atoms with E-state index in [4.69, 9.17) is 16.6 Å². The van der Waals surface area contributed by atoms with E-state index in [1.165, 1.54) is 5.56 Å². The molecule has 174 valence electrons. The zero-order chi connectivity index (χ0) is 23.7. The van der Waals surface area contributed by atoms with Gasteiger partial charge in [0.25, 0.3) is 11.5 Å². The fraction of sp³-hybridized carbons (Fsp3) is 0.320. The molecule has 34 heavy (non-hydrogen) atoms. The molecule has 0 bridgehead atoms. The van der Waals surface area contributed by atoms with E-state index in [1.807, 2.05) is 53.4 Å². The molecule has 1 N–H and O–H groups in total. The number of carbonyl (C=O) groups is 1. The number of halogens is 1. The summed E-state index contributed by atoms with van der Waals surface area (Å²) in [5.74, 6) is 0.714. The average Bonchev–Trinajstić information content (AvgIpc) is 3.27. The van der Waals surface area contributed by atoms with Gasteiger partial charge >= 0.3 is 0 Å². The second-order valence-electron chi connectivity index (χ2n) is 8.62. The van der Waals surface area contributed by atoms with Crippen molar-refractivity contribution in [3.05, 3.63) is 86.4 Å². The van der Waals surface area contributed by atoms with Crippen LogP contribution in [-0.2, 0) is 13.0 Å². The number of benzene rings is 2. The minimum Gasteiger partial charge on any atom is -0.339 e. The van der Waals surface area contributed by atoms with E-state index in [0.29, 0.717) is 41.7 Å². The van der Waals surface area contributed by atoms with Gasteiger partial charge in [0, 0.05) is 29.6 Å². The number of hydrogen-bond donors (Lipinski definition) is 1. The third-order valence-corrected chi connectivity index (χ3v) is 6.63. The summed E-state index contributed by atoms with van der Waals surface area (Å²) in [6.07, 6.45) is 2.40. The van der Waals surface area contributed by atoms with Crippen LogP contribution in [0.25, 0.3) is 11.2 Å². The van der Waals surface area contributed by atoms with Crippen molar-refractivity contribution in [1.29, 1.82) is 0 Å². The summed E-state index contributed by atoms with van der Waals surface area (Å²) in [5, 5.41) is 8.80. The van der Waals surface area contributed by atoms with Crippen molar-refractivity contribution in [1.82, 2.24) is 29.9 Å². The van der Waals surface area contributed by atoms with Gasteiger partial charge in [-0.2, -0.15) is 0 Å². The number of carbonyl (C=O) groups excluding carboxylic acids is 1. The Morgan fingerprint density at radius 1 is 1.12 bits per heavy atom. The second kappa shape index (κ2) is 9.38. The number of aromatic nitrogens is 5. The highest BCUT2D eigenvalue weighted by atomic mass is 35.5. The summed E-state index contributed by atoms with van der Waals surface area (Å²) < 4.78 is 1.62. The number of amides is 1. The van der Waals surface area contributed by atoms with Crippen LogP contribution in [0.1, 0.15) is 53.0 Å². The highest BCUT2D eigenvalue weighted by Gasteiger charge is 2.27. The lowest BCUT2D eigenvalue weighted by Gasteiger charge is -2.31. The number of nitrogens with zero attached hydrogens (tertiary/aromatic N) is 5. The van der Waals surface area contributed by atoms with Crippen LogP contribution in [0.3, 0.4) is 0 Å². The normalized spacial score (nSPS) is 14.6. The van der Waals surface area contributed by atoms with Crippen LogP contribution in [-0.4, -0.2) is 48.9 Å². The molecule has 0 aliphatic carbocycles. The molecule has 1 saturated heterocycles. The average molecular weight is 477 g/mol. The van der Waals surface area contributed by atoms with Gasteiger partial charge in [0.2, 0.25) is 0 Å². The Kier molecular flexibility index (Phi) is 6.15. The van der Waals surface area contributed by atoms with Gasteiger partial charge in [0.1, 0.15) is 5.82 Å². The number of H-pyrrole nitrogens is 1. The molecule has 5 rings (SSSR count). The highest BCUT2D eigenvalue weighted by Crippen LogP contribution is 2.27. The molecule has 1 fully saturated rings. The topological polar surface area (TPSA) is 96.8 Å². The zero-order valence-corrected chi connectivity index (χ0v) is 19.6. The number of aromatic amines is 1. The quantitative estimate of drug-likeness (QED) is 0.472. The summed E-state index contributed by atoms with van der Waals surface area (Å²) in [6, 6.07) is 15.3. The highest BCUT2D eigenvalue weighted by molar-refractivity contribution is 6.30. The van der Waals surface area contributed by atoms with Crippen LogP contribution in [0.4, 0.5) is 0 Å². The first-order valence-corrected chi connectivity index (χ1v) is 11.9. The second-order valence-corrected chi connectivity index (χ2v) is 9.05. The number of nitrogens with one attached hydrogen (secondary N) is 1. The first kappa shape index (κ1) is 22.3. The Bertz CT molecular complexity index is 1390. The Labute approximate surface area is 201 Å². The van der Waals surface area contributed by atoms with Crippen molar-refractivity contribution >= 4 is 28.7 Å². The molecule has 9 heteroatoms. The van der Waals surface area contributed by atoms with E-state index < -0.39 is 0 Å². The van der Waals surface area contributed by atoms with Gasteiger partial charge in [-0.1, -0.05) is 48.0 Å². The van der Waals surface area contributed by atoms with E-state index in [1.54, 1.807) is 4.68 Å². The summed E-state index contributed by atoms with van der Waals surface area (Å²) in [6.45, 7) is 3.73. The molecule has 2 aromatic heterocycles. The molecule has 8 nitrogen and oxygen atoms in total. The number of piperidine rings is 1. The van der Waals surface area contributed by atoms with Crippen LogP contribution in [0.15, 0.2) is 53.3 Å². The first-order valence-electron chi connectivity index (χ1n) is 11.5. The number of fused-ring (bicyclic) bond motifs is 1. The van der Waals surface area contributed by atoms with Gasteiger partial charge < -0.3 is 9.88 Å². The van der Waals surface area contributed by atoms with Gasteiger partial charge in [-0.05, 0) is 54.7 Å². The Morgan fingerprint density at radius 3 is 2.59 bits per heavy atom. The largest absolute Gasteiger partial charge is 0.339 e. The number of aryl methyl sites for hydroxylation is 1. The minimum absolute atomic E-state index is 0.0433. The third kappa shape index (κ3) is 4.46. The molecule has 1 amide bonds. The Balaban J connectivity index is 1.32. The van der Waals surface area contributed by atoms with Crippen molar-refractivity contribution in [2.24, 2.45) is 0 Å². The van der Waals surface area contributed by atoms with Gasteiger partial charge in [-0.25, -0.2) is 9.67 Å². The summed E-state index contributed by atoms with van der Waals surface area (Å²) >= 11 is 6.10. The predicted octanol–water partition coefficient (Wildman–Crippen LogP) is 3.80. The van der Waals surface area contributed by atoms with E-state index in [9.17, 15) is 9.59 Å². The molecule has 2 aromatic carbocycles. The van der Waals surface area contributed by atoms with E-state index in [2.05, 4.69) is 22.2 Å². The molecule has 1 aliphatic rings. The molecule has 0 radical (unpaired) electrons. The van der Waals surface area contributed by atoms with E-state index >= 15 is 0 Å². The molecule has 3 heterocycles. The minimum atomic E-state index is -0.299. The zero-order valence-electron chi connectivity index (χ0n) is 18.9. The fourth-order valence-corrected chi connectivity index (χ4v) is 4.63. The number of hydrogen-bond acceptors (Lipinski definition) is 5. The van der Waals surface area contributed by atoms with Gasteiger partial charge in [-0.3, -0.25) is 9.59 Å². The van der Waals surface area contributed by atoms with Gasteiger partial charge in [-0.15, -0.1) is 5.10 Å². The lowest BCUT2D eigenvalue weighted by atomic mass is 9.95. The molecular formula is C25H25ClN6O2. The van der Waals surface area contributed by atoms with Crippen molar-refractivity contribution in [3.63, 3.8) is 0 Å².